The van der Waals surface area contributed by atoms with Crippen LogP contribution in [0.5, 0.6) is 0 Å². The van der Waals surface area contributed by atoms with E-state index in [9.17, 15) is 0 Å². The molecule has 0 aliphatic rings. The van der Waals surface area contributed by atoms with Crippen molar-refractivity contribution in [1.29, 1.82) is 0 Å². The van der Waals surface area contributed by atoms with Gasteiger partial charge < -0.3 is 10.9 Å². The average molecular weight is 178 g/mol. The molecule has 0 radical (unpaired) electrons. The van der Waals surface area contributed by atoms with Crippen molar-refractivity contribution < 1.29 is 0 Å². The first-order chi connectivity index (χ1) is 3.46. The van der Waals surface area contributed by atoms with E-state index < -0.39 is 14.4 Å². The molecule has 10 heavy (non-hydrogen) atoms. The normalized spacial score (nSPS) is 5.40. The zero-order valence-electron chi connectivity index (χ0n) is 7.44. The number of nitrogens with two attached hydrogens (primary N) is 1. The molecule has 0 saturated heterocycles. The van der Waals surface area contributed by atoms with E-state index in [0.717, 1.165) is 0 Å². The SMILES string of the molecule is C.N.[CH3][Al]([CH3])[CH3].[CH3][Al]([CH3])[NH2]. The van der Waals surface area contributed by atoms with Gasteiger partial charge in [-0.3, -0.25) is 0 Å². The van der Waals surface area contributed by atoms with E-state index in [2.05, 4.69) is 28.9 Å². The topological polar surface area (TPSA) is 61.0 Å². The highest BCUT2D eigenvalue weighted by atomic mass is 27.2. The van der Waals surface area contributed by atoms with Crippen molar-refractivity contribution in [2.24, 2.45) is 4.72 Å². The van der Waals surface area contributed by atoms with Gasteiger partial charge in [0.05, 0.1) is 0 Å². The Morgan fingerprint density at radius 2 is 0.900 bits per heavy atom. The van der Waals surface area contributed by atoms with Gasteiger partial charge in [-0.15, -0.1) is 17.4 Å². The van der Waals surface area contributed by atoms with Crippen LogP contribution in [0.4, 0.5) is 0 Å². The molecule has 64 valence electrons. The molecule has 0 amide bonds. The summed E-state index contributed by atoms with van der Waals surface area (Å²) in [4.78, 5) is 0. The monoisotopic (exact) mass is 178 g/mol. The molecule has 0 rings (SSSR count). The second kappa shape index (κ2) is 16.5. The van der Waals surface area contributed by atoms with Crippen molar-refractivity contribution in [3.8, 4) is 0 Å². The molecule has 0 aromatic rings. The maximum atomic E-state index is 5.25. The Labute approximate surface area is 75.8 Å². The highest BCUT2D eigenvalue weighted by Crippen LogP contribution is 1.68. The van der Waals surface area contributed by atoms with Crippen molar-refractivity contribution in [2.75, 3.05) is 0 Å². The molecule has 0 aromatic carbocycles. The molecule has 0 aromatic heterocycles. The quantitative estimate of drug-likeness (QED) is 0.559. The molecule has 0 aliphatic carbocycles. The molecule has 0 saturated carbocycles. The lowest BCUT2D eigenvalue weighted by Crippen LogP contribution is -2.13. The summed E-state index contributed by atoms with van der Waals surface area (Å²) in [5, 5.41) is 0. The molecule has 0 heterocycles. The van der Waals surface area contributed by atoms with Crippen molar-refractivity contribution >= 4 is 28.5 Å². The van der Waals surface area contributed by atoms with Gasteiger partial charge in [0.25, 0.3) is 14.1 Å². The summed E-state index contributed by atoms with van der Waals surface area (Å²) in [6.07, 6.45) is 0. The zero-order chi connectivity index (χ0) is 7.15. The minimum Gasteiger partial charge on any atom is -0.413 e. The van der Waals surface area contributed by atoms with Gasteiger partial charge in [0.15, 0.2) is 0 Å². The van der Waals surface area contributed by atoms with E-state index in [1.165, 1.54) is 0 Å². The second-order valence-corrected chi connectivity index (χ2v) is 8.93. The predicted octanol–water partition coefficient (Wildman–Crippen LogP) is 2.36. The Kier molecular flexibility index (Phi) is 37.1. The van der Waals surface area contributed by atoms with Crippen LogP contribution >= 0.6 is 0 Å². The Morgan fingerprint density at radius 1 is 0.900 bits per heavy atom. The summed E-state index contributed by atoms with van der Waals surface area (Å²) in [6.45, 7) is 0. The van der Waals surface area contributed by atoms with Gasteiger partial charge in [0.1, 0.15) is 0 Å². The first-order valence-electron chi connectivity index (χ1n) is 3.22. The van der Waals surface area contributed by atoms with Crippen molar-refractivity contribution in [3.63, 3.8) is 0 Å². The molecule has 0 spiro atoms. The summed E-state index contributed by atoms with van der Waals surface area (Å²) in [7, 11) is 0. The van der Waals surface area contributed by atoms with Crippen LogP contribution in [-0.4, -0.2) is 28.5 Å². The first kappa shape index (κ1) is 22.4. The molecule has 2 nitrogen and oxygen atoms in total. The molecule has 4 heteroatoms. The maximum Gasteiger partial charge on any atom is 0.360 e. The van der Waals surface area contributed by atoms with E-state index in [1.54, 1.807) is 0 Å². The minimum atomic E-state index is -0.639. The van der Waals surface area contributed by atoms with Gasteiger partial charge in [-0.1, -0.05) is 19.0 Å². The van der Waals surface area contributed by atoms with Crippen LogP contribution in [0.25, 0.3) is 0 Å². The van der Waals surface area contributed by atoms with Crippen molar-refractivity contribution in [3.05, 3.63) is 0 Å². The Morgan fingerprint density at radius 3 is 0.900 bits per heavy atom. The number of hydrogen-bond acceptors (Lipinski definition) is 2. The van der Waals surface area contributed by atoms with E-state index in [-0.39, 0.29) is 27.7 Å². The van der Waals surface area contributed by atoms with Gasteiger partial charge in [-0.25, -0.2) is 0 Å². The van der Waals surface area contributed by atoms with Crippen LogP contribution in [0, 0.1) is 0 Å². The molecule has 5 N–H and O–H groups in total. The Bertz CT molecular complexity index is 29.2. The summed E-state index contributed by atoms with van der Waals surface area (Å²) in [5.74, 6) is 11.1. The highest BCUT2D eigenvalue weighted by molar-refractivity contribution is 6.54. The molecule has 0 bridgehead atoms. The summed E-state index contributed by atoms with van der Waals surface area (Å²) < 4.78 is 5.25. The lowest BCUT2D eigenvalue weighted by Gasteiger charge is -1.68. The lowest BCUT2D eigenvalue weighted by atomic mass is 11.8. The smallest absolute Gasteiger partial charge is 0.360 e. The van der Waals surface area contributed by atoms with Gasteiger partial charge in [0.2, 0.25) is 0 Å². The van der Waals surface area contributed by atoms with Crippen LogP contribution in [-0.2, 0) is 0 Å². The van der Waals surface area contributed by atoms with E-state index in [4.69, 9.17) is 4.72 Å². The van der Waals surface area contributed by atoms with Gasteiger partial charge in [-0.05, 0) is 0 Å². The lowest BCUT2D eigenvalue weighted by molar-refractivity contribution is 1.74. The summed E-state index contributed by atoms with van der Waals surface area (Å²) >= 11 is -0.778. The van der Waals surface area contributed by atoms with E-state index in [0.29, 0.717) is 0 Å². The van der Waals surface area contributed by atoms with Gasteiger partial charge in [-0.2, -0.15) is 0 Å². The molecular weight excluding hydrogens is 154 g/mol. The van der Waals surface area contributed by atoms with Crippen molar-refractivity contribution in [2.45, 2.75) is 36.4 Å². The Balaban J connectivity index is -0.0000000300. The van der Waals surface area contributed by atoms with E-state index >= 15 is 0 Å². The van der Waals surface area contributed by atoms with Crippen LogP contribution in [0.2, 0.25) is 28.9 Å². The van der Waals surface area contributed by atoms with Crippen LogP contribution in [0.15, 0.2) is 0 Å². The maximum absolute atomic E-state index is 5.25. The summed E-state index contributed by atoms with van der Waals surface area (Å²) in [6, 6.07) is 0. The second-order valence-electron chi connectivity index (χ2n) is 2.98. The third-order valence-electron chi connectivity index (χ3n) is 0. The van der Waals surface area contributed by atoms with E-state index in [1.807, 2.05) is 0 Å². The highest BCUT2D eigenvalue weighted by Gasteiger charge is 1.84. The van der Waals surface area contributed by atoms with Gasteiger partial charge >= 0.3 is 14.4 Å². The van der Waals surface area contributed by atoms with Crippen LogP contribution in [0.3, 0.4) is 0 Å². The van der Waals surface area contributed by atoms with Crippen molar-refractivity contribution in [1.82, 2.24) is 6.15 Å². The minimum absolute atomic E-state index is 0. The third kappa shape index (κ3) is 591. The predicted molar refractivity (Wildman–Crippen MR) is 56.8 cm³/mol. The fourth-order valence-electron chi connectivity index (χ4n) is 0. The van der Waals surface area contributed by atoms with Gasteiger partial charge in [0, 0.05) is 0 Å². The molecule has 0 fully saturated rings. The standard InChI is InChI=1S/CH4.5CH3.2Al.H3N.H2N/h1H4;5*1H3;;;1H3;1H2/q;;;;;;;+1;;-1. The fraction of sp³-hybridized carbons (Fsp3) is 1.00. The zero-order valence-corrected chi connectivity index (χ0v) is 9.75. The largest absolute Gasteiger partial charge is 0.413 e. The fourth-order valence-corrected chi connectivity index (χ4v) is 0. The third-order valence-corrected chi connectivity index (χ3v) is 0. The van der Waals surface area contributed by atoms with Crippen LogP contribution < -0.4 is 10.9 Å². The van der Waals surface area contributed by atoms with Crippen LogP contribution in [0.1, 0.15) is 7.43 Å². The first-order valence-corrected chi connectivity index (χ1v) is 9.66. The molecular formula is C6H24Al2N2. The number of rotatable bonds is 0. The molecule has 0 aliphatic heterocycles. The number of hydrogen-bond donors (Lipinski definition) is 2. The summed E-state index contributed by atoms with van der Waals surface area (Å²) in [5.41, 5.74) is 0. The molecule has 0 atom stereocenters. The molecule has 0 unspecified atom stereocenters. The average Bonchev–Trinajstić information content (AvgIpc) is 1.25. The Hall–Kier alpha value is 0.985.